The van der Waals surface area contributed by atoms with E-state index >= 15 is 0 Å². The maximum Gasteiger partial charge on any atom is 0.203 e. The Morgan fingerprint density at radius 1 is 1.04 bits per heavy atom. The van der Waals surface area contributed by atoms with E-state index in [1.165, 1.54) is 0 Å². The number of methoxy groups -OCH3 is 3. The summed E-state index contributed by atoms with van der Waals surface area (Å²) in [6.45, 7) is 0.212. The first-order valence-corrected chi connectivity index (χ1v) is 8.34. The Bertz CT molecular complexity index is 832. The zero-order chi connectivity index (χ0) is 18.0. The van der Waals surface area contributed by atoms with Gasteiger partial charge in [-0.2, -0.15) is 0 Å². The normalized spacial score (nSPS) is 14.7. The van der Waals surface area contributed by atoms with Crippen molar-refractivity contribution < 1.29 is 23.7 Å². The Balaban J connectivity index is 2.02. The first-order valence-electron chi connectivity index (χ1n) is 7.55. The van der Waals surface area contributed by atoms with Gasteiger partial charge >= 0.3 is 0 Å². The van der Waals surface area contributed by atoms with E-state index in [0.29, 0.717) is 34.1 Å². The van der Waals surface area contributed by atoms with Gasteiger partial charge in [-0.1, -0.05) is 15.9 Å². The molecular formula is C19H17BrO5. The SMILES string of the molecule is COc1cc(/C=C2\COc3ccc(Br)cc3C2=O)cc(OC)c1OC. The minimum Gasteiger partial charge on any atom is -0.493 e. The minimum atomic E-state index is -0.0590. The second kappa shape index (κ2) is 7.19. The molecule has 0 saturated heterocycles. The molecule has 2 aromatic carbocycles. The van der Waals surface area contributed by atoms with Gasteiger partial charge in [0.1, 0.15) is 12.4 Å². The molecule has 0 fully saturated rings. The third kappa shape index (κ3) is 3.35. The van der Waals surface area contributed by atoms with Gasteiger partial charge in [0.05, 0.1) is 26.9 Å². The highest BCUT2D eigenvalue weighted by Crippen LogP contribution is 2.39. The summed E-state index contributed by atoms with van der Waals surface area (Å²) in [5.41, 5.74) is 1.86. The summed E-state index contributed by atoms with van der Waals surface area (Å²) in [5.74, 6) is 2.10. The van der Waals surface area contributed by atoms with E-state index < -0.39 is 0 Å². The predicted octanol–water partition coefficient (Wildman–Crippen LogP) is 4.13. The number of carbonyl (C=O) groups excluding carboxylic acids is 1. The highest BCUT2D eigenvalue weighted by Gasteiger charge is 2.24. The summed E-state index contributed by atoms with van der Waals surface area (Å²) in [4.78, 5) is 12.7. The van der Waals surface area contributed by atoms with Crippen molar-refractivity contribution in [1.82, 2.24) is 0 Å². The number of ether oxygens (including phenoxy) is 4. The summed E-state index contributed by atoms with van der Waals surface area (Å²) in [5, 5.41) is 0. The van der Waals surface area contributed by atoms with Crippen molar-refractivity contribution in [3.05, 3.63) is 51.5 Å². The maximum absolute atomic E-state index is 12.7. The number of fused-ring (bicyclic) bond motifs is 1. The first-order chi connectivity index (χ1) is 12.1. The second-order valence-corrected chi connectivity index (χ2v) is 6.30. The molecule has 0 N–H and O–H groups in total. The zero-order valence-corrected chi connectivity index (χ0v) is 15.7. The van der Waals surface area contributed by atoms with Crippen LogP contribution in [0.3, 0.4) is 0 Å². The van der Waals surface area contributed by atoms with Crippen LogP contribution >= 0.6 is 15.9 Å². The highest BCUT2D eigenvalue weighted by atomic mass is 79.9. The van der Waals surface area contributed by atoms with Gasteiger partial charge in [-0.3, -0.25) is 4.79 Å². The third-order valence-corrected chi connectivity index (χ3v) is 4.38. The van der Waals surface area contributed by atoms with Crippen LogP contribution in [0.2, 0.25) is 0 Å². The Hall–Kier alpha value is -2.47. The van der Waals surface area contributed by atoms with Crippen molar-refractivity contribution in [3.8, 4) is 23.0 Å². The molecule has 0 spiro atoms. The average molecular weight is 405 g/mol. The molecule has 0 atom stereocenters. The molecule has 0 bridgehead atoms. The van der Waals surface area contributed by atoms with E-state index in [0.717, 1.165) is 10.0 Å². The number of halogens is 1. The zero-order valence-electron chi connectivity index (χ0n) is 14.1. The smallest absolute Gasteiger partial charge is 0.203 e. The Kier molecular flexibility index (Phi) is 4.99. The Morgan fingerprint density at radius 2 is 1.72 bits per heavy atom. The van der Waals surface area contributed by atoms with Crippen LogP contribution < -0.4 is 18.9 Å². The Morgan fingerprint density at radius 3 is 2.32 bits per heavy atom. The van der Waals surface area contributed by atoms with Crippen LogP contribution in [0, 0.1) is 0 Å². The van der Waals surface area contributed by atoms with E-state index in [-0.39, 0.29) is 12.4 Å². The van der Waals surface area contributed by atoms with Crippen molar-refractivity contribution in [2.45, 2.75) is 0 Å². The second-order valence-electron chi connectivity index (χ2n) is 5.39. The van der Waals surface area contributed by atoms with Crippen molar-refractivity contribution in [2.75, 3.05) is 27.9 Å². The predicted molar refractivity (Wildman–Crippen MR) is 98.0 cm³/mol. The topological polar surface area (TPSA) is 54.0 Å². The van der Waals surface area contributed by atoms with E-state index in [9.17, 15) is 4.79 Å². The molecule has 0 amide bonds. The lowest BCUT2D eigenvalue weighted by molar-refractivity contribution is 0.100. The molecule has 5 nitrogen and oxygen atoms in total. The number of benzene rings is 2. The van der Waals surface area contributed by atoms with Gasteiger partial charge < -0.3 is 18.9 Å². The minimum absolute atomic E-state index is 0.0590. The maximum atomic E-state index is 12.7. The molecule has 1 aliphatic rings. The molecule has 2 aromatic rings. The number of rotatable bonds is 4. The van der Waals surface area contributed by atoms with E-state index in [2.05, 4.69) is 15.9 Å². The van der Waals surface area contributed by atoms with Gasteiger partial charge in [0.2, 0.25) is 5.75 Å². The first kappa shape index (κ1) is 17.4. The number of Topliss-reactive ketones (excluding diaryl/α,β-unsaturated/α-hetero) is 1. The number of carbonyl (C=O) groups is 1. The molecule has 0 aromatic heterocycles. The summed E-state index contributed by atoms with van der Waals surface area (Å²) < 4.78 is 22.5. The van der Waals surface area contributed by atoms with Crippen LogP contribution in [-0.2, 0) is 0 Å². The standard InChI is InChI=1S/C19H17BrO5/c1-22-16-7-11(8-17(23-2)19(16)24-3)6-12-10-25-15-5-4-13(20)9-14(15)18(12)21/h4-9H,10H2,1-3H3/b12-6+. The van der Waals surface area contributed by atoms with Crippen LogP contribution in [0.5, 0.6) is 23.0 Å². The van der Waals surface area contributed by atoms with E-state index in [1.807, 2.05) is 6.07 Å². The van der Waals surface area contributed by atoms with Crippen molar-refractivity contribution in [1.29, 1.82) is 0 Å². The monoisotopic (exact) mass is 404 g/mol. The lowest BCUT2D eigenvalue weighted by atomic mass is 9.98. The lowest BCUT2D eigenvalue weighted by Gasteiger charge is -2.19. The fraction of sp³-hybridized carbons (Fsp3) is 0.211. The van der Waals surface area contributed by atoms with Gasteiger partial charge in [-0.25, -0.2) is 0 Å². The van der Waals surface area contributed by atoms with Crippen LogP contribution in [0.15, 0.2) is 40.4 Å². The molecule has 1 heterocycles. The van der Waals surface area contributed by atoms with Crippen LogP contribution in [0.25, 0.3) is 6.08 Å². The molecule has 0 aliphatic carbocycles. The fourth-order valence-corrected chi connectivity index (χ4v) is 3.05. The third-order valence-electron chi connectivity index (χ3n) is 3.89. The largest absolute Gasteiger partial charge is 0.493 e. The average Bonchev–Trinajstić information content (AvgIpc) is 2.63. The number of hydrogen-bond acceptors (Lipinski definition) is 5. The Labute approximate surface area is 154 Å². The summed E-state index contributed by atoms with van der Waals surface area (Å²) >= 11 is 3.38. The molecule has 3 rings (SSSR count). The number of hydrogen-bond donors (Lipinski definition) is 0. The fourth-order valence-electron chi connectivity index (χ4n) is 2.69. The van der Waals surface area contributed by atoms with E-state index in [1.54, 1.807) is 51.7 Å². The van der Waals surface area contributed by atoms with Gasteiger partial charge in [-0.15, -0.1) is 0 Å². The molecule has 0 radical (unpaired) electrons. The van der Waals surface area contributed by atoms with Crippen LogP contribution in [0.4, 0.5) is 0 Å². The molecule has 0 saturated carbocycles. The van der Waals surface area contributed by atoms with Crippen LogP contribution in [-0.4, -0.2) is 33.7 Å². The van der Waals surface area contributed by atoms with Gasteiger partial charge in [0, 0.05) is 10.0 Å². The molecule has 0 unspecified atom stereocenters. The van der Waals surface area contributed by atoms with Gasteiger partial charge in [-0.05, 0) is 42.0 Å². The molecular weight excluding hydrogens is 388 g/mol. The lowest BCUT2D eigenvalue weighted by Crippen LogP contribution is -2.19. The molecule has 25 heavy (non-hydrogen) atoms. The molecule has 1 aliphatic heterocycles. The van der Waals surface area contributed by atoms with Crippen molar-refractivity contribution in [2.24, 2.45) is 0 Å². The molecule has 130 valence electrons. The summed E-state index contributed by atoms with van der Waals surface area (Å²) in [7, 11) is 4.65. The van der Waals surface area contributed by atoms with Crippen molar-refractivity contribution >= 4 is 27.8 Å². The number of ketones is 1. The quantitative estimate of drug-likeness (QED) is 0.716. The van der Waals surface area contributed by atoms with Gasteiger partial charge in [0.25, 0.3) is 0 Å². The van der Waals surface area contributed by atoms with Gasteiger partial charge in [0.15, 0.2) is 17.3 Å². The van der Waals surface area contributed by atoms with Crippen molar-refractivity contribution in [3.63, 3.8) is 0 Å². The summed E-state index contributed by atoms with van der Waals surface area (Å²) in [6, 6.07) is 8.98. The highest BCUT2D eigenvalue weighted by molar-refractivity contribution is 9.10. The molecule has 6 heteroatoms. The van der Waals surface area contributed by atoms with E-state index in [4.69, 9.17) is 18.9 Å². The van der Waals surface area contributed by atoms with Crippen LogP contribution in [0.1, 0.15) is 15.9 Å². The summed E-state index contributed by atoms with van der Waals surface area (Å²) in [6.07, 6.45) is 1.77.